The Labute approximate surface area is 152 Å². The van der Waals surface area contributed by atoms with Crippen LogP contribution in [-0.4, -0.2) is 21.9 Å². The molecule has 3 aromatic rings. The molecule has 134 valence electrons. The molecule has 1 aromatic carbocycles. The molecule has 2 heterocycles. The second-order valence-corrected chi connectivity index (χ2v) is 6.81. The van der Waals surface area contributed by atoms with E-state index in [1.807, 2.05) is 41.9 Å². The van der Waals surface area contributed by atoms with Crippen molar-refractivity contribution in [3.8, 4) is 11.6 Å². The first kappa shape index (κ1) is 16.6. The number of aryl methyl sites for hydroxylation is 1. The minimum absolute atomic E-state index is 0.0764. The number of hydrogen-bond acceptors (Lipinski definition) is 3. The zero-order chi connectivity index (χ0) is 17.9. The van der Waals surface area contributed by atoms with Crippen molar-refractivity contribution >= 4 is 17.1 Å². The minimum Gasteiger partial charge on any atom is -0.436 e. The van der Waals surface area contributed by atoms with Gasteiger partial charge in [-0.1, -0.05) is 37.5 Å². The fraction of sp³-hybridized carbons (Fsp3) is 0.350. The first-order valence-corrected chi connectivity index (χ1v) is 9.12. The van der Waals surface area contributed by atoms with E-state index in [9.17, 15) is 4.79 Å². The monoisotopic (exact) mass is 351 g/mol. The van der Waals surface area contributed by atoms with Crippen LogP contribution in [0.15, 0.2) is 42.7 Å². The molecule has 6 nitrogen and oxygen atoms in total. The van der Waals surface area contributed by atoms with Crippen LogP contribution in [0.4, 0.5) is 0 Å². The van der Waals surface area contributed by atoms with E-state index in [2.05, 4.69) is 15.3 Å². The summed E-state index contributed by atoms with van der Waals surface area (Å²) in [6, 6.07) is 9.77. The number of H-pyrrole nitrogens is 1. The number of hydrogen-bond donors (Lipinski definition) is 2. The summed E-state index contributed by atoms with van der Waals surface area (Å²) in [6.45, 7) is 0. The summed E-state index contributed by atoms with van der Waals surface area (Å²) in [4.78, 5) is 20.5. The maximum atomic E-state index is 12.7. The fourth-order valence-corrected chi connectivity index (χ4v) is 3.50. The second kappa shape index (κ2) is 7.15. The number of carbonyl (C=O) groups is 1. The first-order chi connectivity index (χ1) is 12.7. The smallest absolute Gasteiger partial charge is 0.306 e. The number of aromatic nitrogens is 3. The molecule has 26 heavy (non-hydrogen) atoms. The van der Waals surface area contributed by atoms with Crippen LogP contribution in [0.2, 0.25) is 0 Å². The molecule has 1 saturated carbocycles. The molecule has 2 N–H and O–H groups in total. The van der Waals surface area contributed by atoms with Crippen LogP contribution in [0.1, 0.15) is 42.5 Å². The fourth-order valence-electron chi connectivity index (χ4n) is 3.50. The Morgan fingerprint density at radius 1 is 1.23 bits per heavy atom. The third-order valence-electron chi connectivity index (χ3n) is 4.86. The van der Waals surface area contributed by atoms with Crippen molar-refractivity contribution in [2.45, 2.75) is 38.1 Å². The highest BCUT2D eigenvalue weighted by molar-refractivity contribution is 6.04. The van der Waals surface area contributed by atoms with E-state index in [0.29, 0.717) is 22.7 Å². The molecular weight excluding hydrogens is 328 g/mol. The summed E-state index contributed by atoms with van der Waals surface area (Å²) in [5, 5.41) is 3.15. The Kier molecular flexibility index (Phi) is 4.56. The van der Waals surface area contributed by atoms with Gasteiger partial charge in [-0.05, 0) is 25.0 Å². The number of amides is 1. The summed E-state index contributed by atoms with van der Waals surface area (Å²) >= 11 is 0. The molecular formula is C20H23N4O2+. The van der Waals surface area contributed by atoms with E-state index in [1.165, 1.54) is 19.3 Å². The van der Waals surface area contributed by atoms with Gasteiger partial charge in [-0.3, -0.25) is 4.79 Å². The molecule has 0 radical (unpaired) electrons. The van der Waals surface area contributed by atoms with Gasteiger partial charge in [0.2, 0.25) is 0 Å². The molecule has 4 rings (SSSR count). The third-order valence-corrected chi connectivity index (χ3v) is 4.86. The Hall–Kier alpha value is -2.89. The molecule has 0 aliphatic heterocycles. The van der Waals surface area contributed by atoms with Crippen molar-refractivity contribution in [1.82, 2.24) is 15.3 Å². The minimum atomic E-state index is -0.0764. The molecule has 1 aliphatic rings. The quantitative estimate of drug-likeness (QED) is 0.709. The lowest BCUT2D eigenvalue weighted by Crippen LogP contribution is -2.36. The maximum Gasteiger partial charge on any atom is 0.306 e. The molecule has 0 saturated heterocycles. The van der Waals surface area contributed by atoms with Crippen molar-refractivity contribution in [2.75, 3.05) is 0 Å². The molecule has 0 bridgehead atoms. The Morgan fingerprint density at radius 2 is 2.00 bits per heavy atom. The van der Waals surface area contributed by atoms with E-state index in [4.69, 9.17) is 4.74 Å². The van der Waals surface area contributed by atoms with Gasteiger partial charge in [-0.2, -0.15) is 0 Å². The van der Waals surface area contributed by atoms with Crippen LogP contribution >= 0.6 is 0 Å². The van der Waals surface area contributed by atoms with Crippen molar-refractivity contribution in [3.63, 3.8) is 0 Å². The zero-order valence-electron chi connectivity index (χ0n) is 14.9. The zero-order valence-corrected chi connectivity index (χ0v) is 14.9. The van der Waals surface area contributed by atoms with Gasteiger partial charge in [0.05, 0.1) is 7.05 Å². The van der Waals surface area contributed by atoms with E-state index in [1.54, 1.807) is 12.4 Å². The Balaban J connectivity index is 1.62. The van der Waals surface area contributed by atoms with E-state index in [-0.39, 0.29) is 11.9 Å². The lowest BCUT2D eigenvalue weighted by Gasteiger charge is -2.22. The number of carbonyl (C=O) groups excluding carboxylic acids is 1. The van der Waals surface area contributed by atoms with Crippen molar-refractivity contribution in [2.24, 2.45) is 7.05 Å². The highest BCUT2D eigenvalue weighted by Crippen LogP contribution is 2.22. The van der Waals surface area contributed by atoms with Gasteiger partial charge in [0, 0.05) is 6.04 Å². The van der Waals surface area contributed by atoms with Crippen LogP contribution in [0.5, 0.6) is 11.6 Å². The molecule has 0 atom stereocenters. The standard InChI is InChI=1S/C20H22N4O2/c1-24-13-17(26-15-10-6-3-7-11-15)23-18-16(12-21-19(18)24)20(25)22-14-8-4-2-5-9-14/h3,6-7,10-14H,2,4-5,8-9H2,1H3,(H,22,25)/p+1. The number of benzene rings is 1. The SMILES string of the molecule is C[n+]1cc(Oc2ccccc2)nc2c(C(=O)NC3CCCCC3)c[nH]c21. The van der Waals surface area contributed by atoms with Crippen LogP contribution in [0, 0.1) is 0 Å². The third kappa shape index (κ3) is 3.40. The molecule has 0 unspecified atom stereocenters. The van der Waals surface area contributed by atoms with Gasteiger partial charge < -0.3 is 10.1 Å². The molecule has 6 heteroatoms. The van der Waals surface area contributed by atoms with Gasteiger partial charge in [0.25, 0.3) is 11.8 Å². The number of fused-ring (bicyclic) bond motifs is 1. The van der Waals surface area contributed by atoms with Crippen LogP contribution in [-0.2, 0) is 7.05 Å². The summed E-state index contributed by atoms with van der Waals surface area (Å²) in [7, 11) is 1.90. The summed E-state index contributed by atoms with van der Waals surface area (Å²) in [5.41, 5.74) is 1.97. The summed E-state index contributed by atoms with van der Waals surface area (Å²) in [5.74, 6) is 1.09. The van der Waals surface area contributed by atoms with Gasteiger partial charge in [-0.15, -0.1) is 0 Å². The number of para-hydroxylation sites is 1. The summed E-state index contributed by atoms with van der Waals surface area (Å²) in [6.07, 6.45) is 9.26. The lowest BCUT2D eigenvalue weighted by molar-refractivity contribution is -0.647. The molecule has 2 aromatic heterocycles. The van der Waals surface area contributed by atoms with E-state index in [0.717, 1.165) is 18.5 Å². The van der Waals surface area contributed by atoms with Crippen molar-refractivity contribution in [3.05, 3.63) is 48.3 Å². The van der Waals surface area contributed by atoms with Gasteiger partial charge in [-0.25, -0.2) is 14.5 Å². The molecule has 1 aliphatic carbocycles. The Bertz CT molecular complexity index is 914. The number of rotatable bonds is 4. The maximum absolute atomic E-state index is 12.7. The number of aromatic amines is 1. The van der Waals surface area contributed by atoms with E-state index < -0.39 is 0 Å². The number of ether oxygens (including phenoxy) is 1. The normalized spacial score (nSPS) is 15.1. The van der Waals surface area contributed by atoms with Gasteiger partial charge >= 0.3 is 5.65 Å². The van der Waals surface area contributed by atoms with E-state index >= 15 is 0 Å². The van der Waals surface area contributed by atoms with Gasteiger partial charge in [0.15, 0.2) is 11.7 Å². The summed E-state index contributed by atoms with van der Waals surface area (Å²) < 4.78 is 7.73. The van der Waals surface area contributed by atoms with Gasteiger partial charge in [0.1, 0.15) is 17.5 Å². The average molecular weight is 351 g/mol. The first-order valence-electron chi connectivity index (χ1n) is 9.12. The Morgan fingerprint density at radius 3 is 2.77 bits per heavy atom. The molecule has 1 amide bonds. The topological polar surface area (TPSA) is 70.9 Å². The molecule has 0 spiro atoms. The highest BCUT2D eigenvalue weighted by Gasteiger charge is 2.24. The number of nitrogens with zero attached hydrogens (tertiary/aromatic N) is 2. The van der Waals surface area contributed by atoms with Crippen LogP contribution < -0.4 is 14.6 Å². The predicted molar refractivity (Wildman–Crippen MR) is 98.1 cm³/mol. The highest BCUT2D eigenvalue weighted by atomic mass is 16.5. The number of nitrogens with one attached hydrogen (secondary N) is 2. The molecule has 1 fully saturated rings. The van der Waals surface area contributed by atoms with Crippen LogP contribution in [0.3, 0.4) is 0 Å². The van der Waals surface area contributed by atoms with Crippen molar-refractivity contribution < 1.29 is 14.1 Å². The lowest BCUT2D eigenvalue weighted by atomic mass is 9.95. The predicted octanol–water partition coefficient (Wildman–Crippen LogP) is 3.24. The van der Waals surface area contributed by atoms with Crippen molar-refractivity contribution in [1.29, 1.82) is 0 Å². The second-order valence-electron chi connectivity index (χ2n) is 6.81. The average Bonchev–Trinajstić information content (AvgIpc) is 3.08. The van der Waals surface area contributed by atoms with Crippen LogP contribution in [0.25, 0.3) is 11.2 Å². The largest absolute Gasteiger partial charge is 0.436 e.